The van der Waals surface area contributed by atoms with Crippen LogP contribution in [0.3, 0.4) is 0 Å². The van der Waals surface area contributed by atoms with E-state index in [4.69, 9.17) is 0 Å². The summed E-state index contributed by atoms with van der Waals surface area (Å²) in [4.78, 5) is 5.15. The molecule has 0 aliphatic carbocycles. The lowest BCUT2D eigenvalue weighted by atomic mass is 10.2. The normalized spacial score (nSPS) is 35.2. The Hall–Kier alpha value is -0.0800. The zero-order valence-corrected chi connectivity index (χ0v) is 7.42. The van der Waals surface area contributed by atoms with Crippen molar-refractivity contribution < 1.29 is 0 Å². The predicted octanol–water partition coefficient (Wildman–Crippen LogP) is 0.786. The van der Waals surface area contributed by atoms with Gasteiger partial charge in [0.1, 0.15) is 0 Å². The van der Waals surface area contributed by atoms with Crippen LogP contribution in [0.5, 0.6) is 0 Å². The number of hydrogen-bond acceptors (Lipinski definition) is 2. The minimum atomic E-state index is 0.891. The molecule has 0 amide bonds. The van der Waals surface area contributed by atoms with E-state index in [2.05, 4.69) is 16.8 Å². The Kier molecular flexibility index (Phi) is 2.14. The van der Waals surface area contributed by atoms with Gasteiger partial charge in [-0.1, -0.05) is 0 Å². The second-order valence-corrected chi connectivity index (χ2v) is 3.95. The van der Waals surface area contributed by atoms with Crippen molar-refractivity contribution in [2.45, 2.75) is 25.3 Å². The Morgan fingerprint density at radius 2 is 1.91 bits per heavy atom. The molecule has 0 spiro atoms. The van der Waals surface area contributed by atoms with E-state index in [-0.39, 0.29) is 0 Å². The van der Waals surface area contributed by atoms with Crippen LogP contribution in [0, 0.1) is 0 Å². The highest BCUT2D eigenvalue weighted by Gasteiger charge is 2.26. The Morgan fingerprint density at radius 1 is 1.09 bits per heavy atom. The largest absolute Gasteiger partial charge is 0.305 e. The number of hydrogen-bond donors (Lipinski definition) is 0. The van der Waals surface area contributed by atoms with Gasteiger partial charge in [-0.25, -0.2) is 0 Å². The maximum Gasteiger partial charge on any atom is 0.0223 e. The Morgan fingerprint density at radius 3 is 2.82 bits per heavy atom. The first-order valence-electron chi connectivity index (χ1n) is 4.79. The maximum atomic E-state index is 2.67. The standard InChI is InChI=1S/C9H18N2/c1-10-5-3-7-11-6-2-4-9(11)8-10/h9H,2-8H2,1H3. The van der Waals surface area contributed by atoms with E-state index < -0.39 is 0 Å². The highest BCUT2D eigenvalue weighted by molar-refractivity contribution is 4.83. The molecule has 0 aromatic carbocycles. The third-order valence-corrected chi connectivity index (χ3v) is 3.01. The summed E-state index contributed by atoms with van der Waals surface area (Å²) in [5.41, 5.74) is 0. The van der Waals surface area contributed by atoms with Gasteiger partial charge in [-0.2, -0.15) is 0 Å². The van der Waals surface area contributed by atoms with Crippen molar-refractivity contribution in [1.82, 2.24) is 9.80 Å². The first kappa shape index (κ1) is 7.56. The van der Waals surface area contributed by atoms with E-state index in [1.165, 1.54) is 45.4 Å². The number of nitrogens with zero attached hydrogens (tertiary/aromatic N) is 2. The lowest BCUT2D eigenvalue weighted by molar-refractivity contribution is 0.241. The first-order valence-corrected chi connectivity index (χ1v) is 4.79. The molecule has 64 valence electrons. The lowest BCUT2D eigenvalue weighted by Gasteiger charge is -2.22. The van der Waals surface area contributed by atoms with Crippen LogP contribution in [-0.4, -0.2) is 49.1 Å². The summed E-state index contributed by atoms with van der Waals surface area (Å²) < 4.78 is 0. The zero-order chi connectivity index (χ0) is 7.68. The molecule has 0 aromatic rings. The Balaban J connectivity index is 1.98. The van der Waals surface area contributed by atoms with Crippen molar-refractivity contribution in [2.75, 3.05) is 33.2 Å². The van der Waals surface area contributed by atoms with Gasteiger partial charge in [-0.05, 0) is 45.9 Å². The average Bonchev–Trinajstić information content (AvgIpc) is 2.31. The van der Waals surface area contributed by atoms with Gasteiger partial charge >= 0.3 is 0 Å². The van der Waals surface area contributed by atoms with Crippen molar-refractivity contribution in [2.24, 2.45) is 0 Å². The van der Waals surface area contributed by atoms with Crippen LogP contribution in [-0.2, 0) is 0 Å². The fourth-order valence-electron chi connectivity index (χ4n) is 2.39. The summed E-state index contributed by atoms with van der Waals surface area (Å²) in [5.74, 6) is 0. The molecule has 1 unspecified atom stereocenters. The highest BCUT2D eigenvalue weighted by atomic mass is 15.2. The molecule has 0 radical (unpaired) electrons. The van der Waals surface area contributed by atoms with Crippen molar-refractivity contribution in [3.63, 3.8) is 0 Å². The topological polar surface area (TPSA) is 6.48 Å². The fourth-order valence-corrected chi connectivity index (χ4v) is 2.39. The minimum Gasteiger partial charge on any atom is -0.305 e. The monoisotopic (exact) mass is 154 g/mol. The number of fused-ring (bicyclic) bond motifs is 1. The molecule has 2 heterocycles. The van der Waals surface area contributed by atoms with Crippen LogP contribution in [0.15, 0.2) is 0 Å². The van der Waals surface area contributed by atoms with Crippen LogP contribution >= 0.6 is 0 Å². The van der Waals surface area contributed by atoms with Crippen molar-refractivity contribution >= 4 is 0 Å². The molecule has 2 aliphatic heterocycles. The second-order valence-electron chi connectivity index (χ2n) is 3.95. The molecule has 11 heavy (non-hydrogen) atoms. The molecule has 1 atom stereocenters. The summed E-state index contributed by atoms with van der Waals surface area (Å²) in [5, 5.41) is 0. The SMILES string of the molecule is CN1CCCN2CCCC2C1. The van der Waals surface area contributed by atoms with Crippen molar-refractivity contribution in [3.8, 4) is 0 Å². The summed E-state index contributed by atoms with van der Waals surface area (Å²) in [6, 6.07) is 0.891. The lowest BCUT2D eigenvalue weighted by Crippen LogP contribution is -2.34. The summed E-state index contributed by atoms with van der Waals surface area (Å²) >= 11 is 0. The molecule has 2 rings (SSSR count). The smallest absolute Gasteiger partial charge is 0.0223 e. The summed E-state index contributed by atoms with van der Waals surface area (Å²) in [7, 11) is 2.25. The molecule has 0 aromatic heterocycles. The summed E-state index contributed by atoms with van der Waals surface area (Å²) in [6.07, 6.45) is 4.23. The molecule has 2 aliphatic rings. The minimum absolute atomic E-state index is 0.891. The van der Waals surface area contributed by atoms with E-state index in [0.717, 1.165) is 6.04 Å². The van der Waals surface area contributed by atoms with Gasteiger partial charge in [-0.15, -0.1) is 0 Å². The number of likely N-dealkylation sites (N-methyl/N-ethyl adjacent to an activating group) is 1. The van der Waals surface area contributed by atoms with E-state index in [1.54, 1.807) is 0 Å². The van der Waals surface area contributed by atoms with Crippen LogP contribution in [0.1, 0.15) is 19.3 Å². The van der Waals surface area contributed by atoms with Gasteiger partial charge in [0, 0.05) is 12.6 Å². The molecule has 0 N–H and O–H groups in total. The number of rotatable bonds is 0. The van der Waals surface area contributed by atoms with Crippen molar-refractivity contribution in [1.29, 1.82) is 0 Å². The van der Waals surface area contributed by atoms with E-state index >= 15 is 0 Å². The van der Waals surface area contributed by atoms with Gasteiger partial charge in [0.2, 0.25) is 0 Å². The molecular weight excluding hydrogens is 136 g/mol. The predicted molar refractivity (Wildman–Crippen MR) is 46.7 cm³/mol. The van der Waals surface area contributed by atoms with Gasteiger partial charge in [-0.3, -0.25) is 4.90 Å². The molecule has 0 saturated carbocycles. The maximum absolute atomic E-state index is 2.67. The van der Waals surface area contributed by atoms with Gasteiger partial charge in [0.15, 0.2) is 0 Å². The van der Waals surface area contributed by atoms with Crippen LogP contribution in [0.4, 0.5) is 0 Å². The van der Waals surface area contributed by atoms with E-state index in [1.807, 2.05) is 0 Å². The molecule has 2 heteroatoms. The Bertz CT molecular complexity index is 136. The van der Waals surface area contributed by atoms with Gasteiger partial charge in [0.25, 0.3) is 0 Å². The van der Waals surface area contributed by atoms with E-state index in [9.17, 15) is 0 Å². The van der Waals surface area contributed by atoms with Gasteiger partial charge < -0.3 is 4.90 Å². The van der Waals surface area contributed by atoms with Gasteiger partial charge in [0.05, 0.1) is 0 Å². The van der Waals surface area contributed by atoms with E-state index in [0.29, 0.717) is 0 Å². The van der Waals surface area contributed by atoms with Crippen LogP contribution in [0.25, 0.3) is 0 Å². The molecule has 2 nitrogen and oxygen atoms in total. The third-order valence-electron chi connectivity index (χ3n) is 3.01. The highest BCUT2D eigenvalue weighted by Crippen LogP contribution is 2.20. The Labute approximate surface area is 69.2 Å². The fraction of sp³-hybridized carbons (Fsp3) is 1.00. The molecule has 2 saturated heterocycles. The molecule has 0 bridgehead atoms. The third kappa shape index (κ3) is 1.57. The van der Waals surface area contributed by atoms with Crippen LogP contribution < -0.4 is 0 Å². The van der Waals surface area contributed by atoms with Crippen LogP contribution in [0.2, 0.25) is 0 Å². The molecular formula is C9H18N2. The average molecular weight is 154 g/mol. The van der Waals surface area contributed by atoms with Crippen molar-refractivity contribution in [3.05, 3.63) is 0 Å². The second kappa shape index (κ2) is 3.11. The first-order chi connectivity index (χ1) is 5.36. The summed E-state index contributed by atoms with van der Waals surface area (Å²) in [6.45, 7) is 5.31. The quantitative estimate of drug-likeness (QED) is 0.509. The zero-order valence-electron chi connectivity index (χ0n) is 7.42. The molecule has 2 fully saturated rings.